The van der Waals surface area contributed by atoms with E-state index in [1.807, 2.05) is 19.1 Å². The van der Waals surface area contributed by atoms with E-state index in [4.69, 9.17) is 0 Å². The zero-order valence-corrected chi connectivity index (χ0v) is 10.0. The summed E-state index contributed by atoms with van der Waals surface area (Å²) >= 11 is 0. The number of carbonyl (C=O) groups excluding carboxylic acids is 2. The molecular formula is C12H16N2O3. The van der Waals surface area contributed by atoms with E-state index in [0.717, 1.165) is 11.3 Å². The molecule has 0 aliphatic heterocycles. The first-order chi connectivity index (χ1) is 8.13. The van der Waals surface area contributed by atoms with Crippen LogP contribution in [-0.2, 0) is 20.7 Å². The quantitative estimate of drug-likeness (QED) is 0.761. The number of aromatic nitrogens is 1. The molecule has 0 aliphatic carbocycles. The molecular weight excluding hydrogens is 220 g/mol. The molecule has 17 heavy (non-hydrogen) atoms. The van der Waals surface area contributed by atoms with Crippen molar-refractivity contribution in [1.82, 2.24) is 10.3 Å². The van der Waals surface area contributed by atoms with Gasteiger partial charge in [0.2, 0.25) is 5.91 Å². The number of esters is 1. The molecule has 0 atom stereocenters. The van der Waals surface area contributed by atoms with Crippen LogP contribution >= 0.6 is 0 Å². The average molecular weight is 236 g/mol. The lowest BCUT2D eigenvalue weighted by Gasteiger charge is -2.05. The first-order valence-electron chi connectivity index (χ1n) is 5.37. The molecule has 1 aromatic heterocycles. The van der Waals surface area contributed by atoms with Crippen molar-refractivity contribution in [2.24, 2.45) is 0 Å². The van der Waals surface area contributed by atoms with E-state index in [9.17, 15) is 9.59 Å². The average Bonchev–Trinajstić information content (AvgIpc) is 2.32. The van der Waals surface area contributed by atoms with Gasteiger partial charge in [0.15, 0.2) is 0 Å². The summed E-state index contributed by atoms with van der Waals surface area (Å²) in [5.74, 6) is -0.477. The normalized spacial score (nSPS) is 9.76. The summed E-state index contributed by atoms with van der Waals surface area (Å²) in [5, 5.41) is 2.64. The predicted octanol–water partition coefficient (Wildman–Crippen LogP) is 0.612. The number of hydrogen-bond acceptors (Lipinski definition) is 4. The fourth-order valence-electron chi connectivity index (χ4n) is 1.32. The number of nitrogens with one attached hydrogen (secondary N) is 1. The van der Waals surface area contributed by atoms with E-state index in [1.165, 1.54) is 7.11 Å². The Bertz CT molecular complexity index is 404. The van der Waals surface area contributed by atoms with Gasteiger partial charge in [0.1, 0.15) is 0 Å². The van der Waals surface area contributed by atoms with Gasteiger partial charge in [-0.2, -0.15) is 0 Å². The van der Waals surface area contributed by atoms with Crippen LogP contribution in [0.1, 0.15) is 17.7 Å². The molecule has 92 valence electrons. The highest BCUT2D eigenvalue weighted by Crippen LogP contribution is 2.03. The number of aryl methyl sites for hydroxylation is 1. The van der Waals surface area contributed by atoms with Crippen molar-refractivity contribution in [3.05, 3.63) is 29.6 Å². The molecule has 0 aromatic carbocycles. The fourth-order valence-corrected chi connectivity index (χ4v) is 1.32. The van der Waals surface area contributed by atoms with Gasteiger partial charge in [0.25, 0.3) is 0 Å². The van der Waals surface area contributed by atoms with Crippen LogP contribution in [0.5, 0.6) is 0 Å². The van der Waals surface area contributed by atoms with E-state index in [-0.39, 0.29) is 31.3 Å². The van der Waals surface area contributed by atoms with Crippen LogP contribution in [0.25, 0.3) is 0 Å². The molecule has 1 aromatic rings. The standard InChI is InChI=1S/C12H16N2O3/c1-9-4-3-6-13-10(9)8-11(15)14-7-5-12(16)17-2/h3-4,6H,5,7-8H2,1-2H3,(H,14,15). The van der Waals surface area contributed by atoms with E-state index < -0.39 is 0 Å². The molecule has 0 spiro atoms. The Hall–Kier alpha value is -1.91. The molecule has 0 bridgehead atoms. The van der Waals surface area contributed by atoms with Crippen LogP contribution < -0.4 is 5.32 Å². The topological polar surface area (TPSA) is 68.3 Å². The Morgan fingerprint density at radius 1 is 1.47 bits per heavy atom. The smallest absolute Gasteiger partial charge is 0.307 e. The minimum Gasteiger partial charge on any atom is -0.469 e. The van der Waals surface area contributed by atoms with Gasteiger partial charge in [-0.1, -0.05) is 6.07 Å². The molecule has 0 fully saturated rings. The highest BCUT2D eigenvalue weighted by atomic mass is 16.5. The maximum Gasteiger partial charge on any atom is 0.307 e. The lowest BCUT2D eigenvalue weighted by atomic mass is 10.1. The lowest BCUT2D eigenvalue weighted by molar-refractivity contribution is -0.140. The summed E-state index contributed by atoms with van der Waals surface area (Å²) in [6.07, 6.45) is 2.07. The molecule has 0 unspecified atom stereocenters. The van der Waals surface area contributed by atoms with E-state index >= 15 is 0 Å². The number of carbonyl (C=O) groups is 2. The minimum atomic E-state index is -0.334. The summed E-state index contributed by atoms with van der Waals surface area (Å²) in [4.78, 5) is 26.5. The number of hydrogen-bond donors (Lipinski definition) is 1. The second-order valence-corrected chi connectivity index (χ2v) is 3.62. The number of pyridine rings is 1. The summed E-state index contributed by atoms with van der Waals surface area (Å²) in [5.41, 5.74) is 1.73. The van der Waals surface area contributed by atoms with Crippen molar-refractivity contribution in [2.75, 3.05) is 13.7 Å². The molecule has 0 saturated carbocycles. The predicted molar refractivity (Wildman–Crippen MR) is 62.3 cm³/mol. The third-order valence-electron chi connectivity index (χ3n) is 2.32. The van der Waals surface area contributed by atoms with Crippen LogP contribution in [0.2, 0.25) is 0 Å². The second-order valence-electron chi connectivity index (χ2n) is 3.62. The van der Waals surface area contributed by atoms with Crippen LogP contribution in [0.15, 0.2) is 18.3 Å². The van der Waals surface area contributed by atoms with Crippen LogP contribution in [0.3, 0.4) is 0 Å². The molecule has 5 heteroatoms. The molecule has 1 rings (SSSR count). The maximum absolute atomic E-state index is 11.5. The monoisotopic (exact) mass is 236 g/mol. The van der Waals surface area contributed by atoms with Gasteiger partial charge in [-0.05, 0) is 18.6 Å². The van der Waals surface area contributed by atoms with E-state index in [0.29, 0.717) is 0 Å². The van der Waals surface area contributed by atoms with Gasteiger partial charge >= 0.3 is 5.97 Å². The van der Waals surface area contributed by atoms with Gasteiger partial charge in [-0.3, -0.25) is 14.6 Å². The molecule has 1 amide bonds. The Kier molecular flexibility index (Phi) is 5.13. The van der Waals surface area contributed by atoms with Crippen LogP contribution in [0, 0.1) is 6.92 Å². The number of ether oxygens (including phenoxy) is 1. The molecule has 0 aliphatic rings. The molecule has 1 heterocycles. The van der Waals surface area contributed by atoms with Gasteiger partial charge in [0, 0.05) is 12.7 Å². The van der Waals surface area contributed by atoms with E-state index in [2.05, 4.69) is 15.0 Å². The number of amides is 1. The highest BCUT2D eigenvalue weighted by Gasteiger charge is 2.07. The summed E-state index contributed by atoms with van der Waals surface area (Å²) in [6.45, 7) is 2.20. The number of rotatable bonds is 5. The SMILES string of the molecule is COC(=O)CCNC(=O)Cc1ncccc1C. The fraction of sp³-hybridized carbons (Fsp3) is 0.417. The van der Waals surface area contributed by atoms with E-state index in [1.54, 1.807) is 6.20 Å². The zero-order chi connectivity index (χ0) is 12.7. The van der Waals surface area contributed by atoms with Crippen LogP contribution in [-0.4, -0.2) is 30.5 Å². The Morgan fingerprint density at radius 2 is 2.24 bits per heavy atom. The van der Waals surface area contributed by atoms with Gasteiger partial charge in [0.05, 0.1) is 25.6 Å². The summed E-state index contributed by atoms with van der Waals surface area (Å²) in [6, 6.07) is 3.73. The first-order valence-corrected chi connectivity index (χ1v) is 5.37. The van der Waals surface area contributed by atoms with Crippen molar-refractivity contribution in [3.63, 3.8) is 0 Å². The van der Waals surface area contributed by atoms with Crippen molar-refractivity contribution < 1.29 is 14.3 Å². The number of methoxy groups -OCH3 is 1. The molecule has 0 saturated heterocycles. The van der Waals surface area contributed by atoms with Crippen molar-refractivity contribution >= 4 is 11.9 Å². The third-order valence-corrected chi connectivity index (χ3v) is 2.32. The second kappa shape index (κ2) is 6.62. The minimum absolute atomic E-state index is 0.143. The summed E-state index contributed by atoms with van der Waals surface area (Å²) < 4.78 is 4.47. The van der Waals surface area contributed by atoms with Crippen molar-refractivity contribution in [3.8, 4) is 0 Å². The summed E-state index contributed by atoms with van der Waals surface area (Å²) in [7, 11) is 1.32. The van der Waals surface area contributed by atoms with Crippen molar-refractivity contribution in [2.45, 2.75) is 19.8 Å². The van der Waals surface area contributed by atoms with Gasteiger partial charge < -0.3 is 10.1 Å². The van der Waals surface area contributed by atoms with Gasteiger partial charge in [-0.25, -0.2) is 0 Å². The Morgan fingerprint density at radius 3 is 2.88 bits per heavy atom. The molecule has 1 N–H and O–H groups in total. The Balaban J connectivity index is 2.35. The number of nitrogens with zero attached hydrogens (tertiary/aromatic N) is 1. The maximum atomic E-state index is 11.5. The third kappa shape index (κ3) is 4.63. The van der Waals surface area contributed by atoms with Crippen LogP contribution in [0.4, 0.5) is 0 Å². The zero-order valence-electron chi connectivity index (χ0n) is 10.0. The molecule has 0 radical (unpaired) electrons. The first kappa shape index (κ1) is 13.2. The molecule has 5 nitrogen and oxygen atoms in total. The lowest BCUT2D eigenvalue weighted by Crippen LogP contribution is -2.28. The Labute approximate surface area is 100 Å². The van der Waals surface area contributed by atoms with Crippen molar-refractivity contribution in [1.29, 1.82) is 0 Å². The highest BCUT2D eigenvalue weighted by molar-refractivity contribution is 5.79. The largest absolute Gasteiger partial charge is 0.469 e. The van der Waals surface area contributed by atoms with Gasteiger partial charge in [-0.15, -0.1) is 0 Å².